The average molecular weight is 318 g/mol. The summed E-state index contributed by atoms with van der Waals surface area (Å²) in [6.07, 6.45) is 1.25. The Bertz CT molecular complexity index is 532. The van der Waals surface area contributed by atoms with Crippen LogP contribution in [0.2, 0.25) is 0 Å². The molecule has 22 heavy (non-hydrogen) atoms. The topological polar surface area (TPSA) is 52.6 Å². The van der Waals surface area contributed by atoms with Crippen molar-refractivity contribution in [3.8, 4) is 0 Å². The second kappa shape index (κ2) is 9.07. The first kappa shape index (κ1) is 18.0. The third-order valence-corrected chi connectivity index (χ3v) is 2.77. The predicted octanol–water partition coefficient (Wildman–Crippen LogP) is 3.27. The molecule has 7 heteroatoms. The van der Waals surface area contributed by atoms with Crippen molar-refractivity contribution < 1.29 is 32.2 Å². The fraction of sp³-hybridized carbons (Fsp3) is 0.467. The quantitative estimate of drug-likeness (QED) is 0.419. The largest absolute Gasteiger partial charge is 0.466 e. The number of esters is 2. The Morgan fingerprint density at radius 1 is 0.955 bits per heavy atom. The van der Waals surface area contributed by atoms with Crippen molar-refractivity contribution in [3.63, 3.8) is 0 Å². The molecular formula is C15H17F3O4. The van der Waals surface area contributed by atoms with Gasteiger partial charge in [-0.15, -0.1) is 0 Å². The number of carbonyl (C=O) groups is 2. The number of unbranched alkanes of at least 4 members (excludes halogenated alkanes) is 1. The van der Waals surface area contributed by atoms with Gasteiger partial charge < -0.3 is 9.47 Å². The van der Waals surface area contributed by atoms with Crippen LogP contribution in [-0.2, 0) is 25.7 Å². The van der Waals surface area contributed by atoms with E-state index in [1.807, 2.05) is 6.92 Å². The molecule has 0 aliphatic carbocycles. The SMILES string of the molecule is CCCCOC(=O)CCC(=O)OCc1cc(F)c(F)cc1F. The molecule has 0 amide bonds. The molecule has 1 aromatic carbocycles. The highest BCUT2D eigenvalue weighted by atomic mass is 19.2. The van der Waals surface area contributed by atoms with Gasteiger partial charge in [-0.3, -0.25) is 9.59 Å². The average Bonchev–Trinajstić information content (AvgIpc) is 2.47. The van der Waals surface area contributed by atoms with E-state index in [9.17, 15) is 22.8 Å². The lowest BCUT2D eigenvalue weighted by Crippen LogP contribution is -2.11. The van der Waals surface area contributed by atoms with E-state index in [1.165, 1.54) is 0 Å². The lowest BCUT2D eigenvalue weighted by molar-refractivity contribution is -0.151. The third kappa shape index (κ3) is 6.15. The number of halogens is 3. The summed E-state index contributed by atoms with van der Waals surface area (Å²) in [5.74, 6) is -4.83. The zero-order valence-corrected chi connectivity index (χ0v) is 12.2. The minimum absolute atomic E-state index is 0.150. The van der Waals surface area contributed by atoms with Crippen LogP contribution < -0.4 is 0 Å². The Morgan fingerprint density at radius 3 is 2.18 bits per heavy atom. The second-order valence-electron chi connectivity index (χ2n) is 4.59. The summed E-state index contributed by atoms with van der Waals surface area (Å²) in [5, 5.41) is 0. The van der Waals surface area contributed by atoms with Crippen LogP contribution in [0.5, 0.6) is 0 Å². The Balaban J connectivity index is 2.34. The molecule has 0 bridgehead atoms. The van der Waals surface area contributed by atoms with Gasteiger partial charge >= 0.3 is 11.9 Å². The summed E-state index contributed by atoms with van der Waals surface area (Å²) in [7, 11) is 0. The van der Waals surface area contributed by atoms with Crippen LogP contribution in [0.4, 0.5) is 13.2 Å². The molecular weight excluding hydrogens is 301 g/mol. The van der Waals surface area contributed by atoms with E-state index in [4.69, 9.17) is 9.47 Å². The minimum atomic E-state index is -1.32. The van der Waals surface area contributed by atoms with Gasteiger partial charge in [0.15, 0.2) is 11.6 Å². The van der Waals surface area contributed by atoms with Gasteiger partial charge in [-0.25, -0.2) is 13.2 Å². The maximum absolute atomic E-state index is 13.3. The summed E-state index contributed by atoms with van der Waals surface area (Å²) in [4.78, 5) is 22.6. The maximum atomic E-state index is 13.3. The van der Waals surface area contributed by atoms with Crippen molar-refractivity contribution in [3.05, 3.63) is 35.1 Å². The Labute approximate surface area is 126 Å². The van der Waals surface area contributed by atoms with Crippen molar-refractivity contribution in [2.45, 2.75) is 39.2 Å². The summed E-state index contributed by atoms with van der Waals surface area (Å²) in [6.45, 7) is 1.71. The fourth-order valence-electron chi connectivity index (χ4n) is 1.51. The summed E-state index contributed by atoms with van der Waals surface area (Å²) < 4.78 is 48.5. The molecule has 0 saturated carbocycles. The summed E-state index contributed by atoms with van der Waals surface area (Å²) in [6, 6.07) is 1.00. The molecule has 0 fully saturated rings. The van der Waals surface area contributed by atoms with Crippen LogP contribution >= 0.6 is 0 Å². The lowest BCUT2D eigenvalue weighted by Gasteiger charge is -2.07. The Morgan fingerprint density at radius 2 is 1.55 bits per heavy atom. The molecule has 0 radical (unpaired) electrons. The number of hydrogen-bond acceptors (Lipinski definition) is 4. The van der Waals surface area contributed by atoms with Crippen LogP contribution in [0.1, 0.15) is 38.2 Å². The molecule has 0 heterocycles. The van der Waals surface area contributed by atoms with Crippen molar-refractivity contribution in [1.82, 2.24) is 0 Å². The van der Waals surface area contributed by atoms with E-state index in [0.717, 1.165) is 12.8 Å². The molecule has 0 unspecified atom stereocenters. The summed E-state index contributed by atoms with van der Waals surface area (Å²) >= 11 is 0. The van der Waals surface area contributed by atoms with E-state index in [2.05, 4.69) is 0 Å². The second-order valence-corrected chi connectivity index (χ2v) is 4.59. The molecule has 0 saturated heterocycles. The molecule has 122 valence electrons. The van der Waals surface area contributed by atoms with E-state index >= 15 is 0 Å². The first-order valence-electron chi connectivity index (χ1n) is 6.88. The van der Waals surface area contributed by atoms with Crippen molar-refractivity contribution >= 4 is 11.9 Å². The molecule has 1 aromatic rings. The number of rotatable bonds is 8. The number of carbonyl (C=O) groups excluding carboxylic acids is 2. The number of benzene rings is 1. The van der Waals surface area contributed by atoms with Crippen LogP contribution in [0, 0.1) is 17.5 Å². The highest BCUT2D eigenvalue weighted by Crippen LogP contribution is 2.15. The van der Waals surface area contributed by atoms with Gasteiger partial charge in [-0.1, -0.05) is 13.3 Å². The van der Waals surface area contributed by atoms with Gasteiger partial charge in [-0.05, 0) is 12.5 Å². The molecule has 0 aliphatic rings. The Kier molecular flexibility index (Phi) is 7.42. The zero-order valence-electron chi connectivity index (χ0n) is 12.2. The number of hydrogen-bond donors (Lipinski definition) is 0. The molecule has 0 spiro atoms. The molecule has 4 nitrogen and oxygen atoms in total. The van der Waals surface area contributed by atoms with Crippen molar-refractivity contribution in [1.29, 1.82) is 0 Å². The van der Waals surface area contributed by atoms with E-state index < -0.39 is 36.0 Å². The molecule has 0 aliphatic heterocycles. The van der Waals surface area contributed by atoms with Crippen LogP contribution in [-0.4, -0.2) is 18.5 Å². The van der Waals surface area contributed by atoms with Gasteiger partial charge in [0.1, 0.15) is 12.4 Å². The molecule has 0 atom stereocenters. The predicted molar refractivity (Wildman–Crippen MR) is 71.2 cm³/mol. The van der Waals surface area contributed by atoms with Crippen molar-refractivity contribution in [2.75, 3.05) is 6.61 Å². The molecule has 1 rings (SSSR count). The fourth-order valence-corrected chi connectivity index (χ4v) is 1.51. The normalized spacial score (nSPS) is 10.4. The van der Waals surface area contributed by atoms with Gasteiger partial charge in [-0.2, -0.15) is 0 Å². The minimum Gasteiger partial charge on any atom is -0.466 e. The monoisotopic (exact) mass is 318 g/mol. The van der Waals surface area contributed by atoms with Crippen LogP contribution in [0.3, 0.4) is 0 Å². The summed E-state index contributed by atoms with van der Waals surface area (Å²) in [5.41, 5.74) is -0.280. The van der Waals surface area contributed by atoms with E-state index in [0.29, 0.717) is 18.7 Å². The van der Waals surface area contributed by atoms with Gasteiger partial charge in [0.25, 0.3) is 0 Å². The Hall–Kier alpha value is -2.05. The lowest BCUT2D eigenvalue weighted by atomic mass is 10.2. The number of ether oxygens (including phenoxy) is 2. The van der Waals surface area contributed by atoms with Crippen molar-refractivity contribution in [2.24, 2.45) is 0 Å². The highest BCUT2D eigenvalue weighted by molar-refractivity contribution is 5.77. The van der Waals surface area contributed by atoms with Gasteiger partial charge in [0.05, 0.1) is 19.4 Å². The highest BCUT2D eigenvalue weighted by Gasteiger charge is 2.13. The molecule has 0 N–H and O–H groups in total. The van der Waals surface area contributed by atoms with Crippen LogP contribution in [0.15, 0.2) is 12.1 Å². The maximum Gasteiger partial charge on any atom is 0.306 e. The molecule has 0 aromatic heterocycles. The zero-order chi connectivity index (χ0) is 16.5. The third-order valence-electron chi connectivity index (χ3n) is 2.77. The van der Waals surface area contributed by atoms with Gasteiger partial charge in [0.2, 0.25) is 0 Å². The van der Waals surface area contributed by atoms with Gasteiger partial charge in [0, 0.05) is 11.6 Å². The standard InChI is InChI=1S/C15H17F3O4/c1-2-3-6-21-14(19)4-5-15(20)22-9-10-7-12(17)13(18)8-11(10)16/h7-8H,2-6,9H2,1H3. The first-order valence-corrected chi connectivity index (χ1v) is 6.88. The van der Waals surface area contributed by atoms with E-state index in [1.54, 1.807) is 0 Å². The van der Waals surface area contributed by atoms with Crippen LogP contribution in [0.25, 0.3) is 0 Å². The smallest absolute Gasteiger partial charge is 0.306 e. The first-order chi connectivity index (χ1) is 10.4. The van der Waals surface area contributed by atoms with E-state index in [-0.39, 0.29) is 18.4 Å².